The van der Waals surface area contributed by atoms with Gasteiger partial charge in [-0.3, -0.25) is 5.32 Å². The summed E-state index contributed by atoms with van der Waals surface area (Å²) < 4.78 is 0. The summed E-state index contributed by atoms with van der Waals surface area (Å²) in [5, 5.41) is 13.8. The third-order valence-electron chi connectivity index (χ3n) is 3.08. The van der Waals surface area contributed by atoms with E-state index in [2.05, 4.69) is 35.2 Å². The van der Waals surface area contributed by atoms with Gasteiger partial charge in [0.05, 0.1) is 11.1 Å². The molecule has 1 rings (SSSR count). The van der Waals surface area contributed by atoms with Crippen LogP contribution in [-0.2, 0) is 0 Å². The summed E-state index contributed by atoms with van der Waals surface area (Å²) in [6.07, 6.45) is 7.12. The summed E-state index contributed by atoms with van der Waals surface area (Å²) in [5.74, 6) is 0.980. The number of aromatic nitrogens is 2. The fourth-order valence-corrected chi connectivity index (χ4v) is 2.62. The molecule has 4 nitrogen and oxygen atoms in total. The second-order valence-electron chi connectivity index (χ2n) is 4.47. The van der Waals surface area contributed by atoms with Crippen molar-refractivity contribution in [3.05, 3.63) is 18.6 Å². The molecule has 19 heavy (non-hydrogen) atoms. The lowest BCUT2D eigenvalue weighted by Crippen LogP contribution is -2.43. The molecule has 0 aliphatic carbocycles. The van der Waals surface area contributed by atoms with Crippen molar-refractivity contribution < 1.29 is 0 Å². The van der Waals surface area contributed by atoms with Crippen LogP contribution in [-0.4, -0.2) is 27.8 Å². The molecule has 5 heteroatoms. The first-order chi connectivity index (χ1) is 9.26. The highest BCUT2D eigenvalue weighted by atomic mass is 32.2. The summed E-state index contributed by atoms with van der Waals surface area (Å²) in [5.41, 5.74) is -0.359. The molecule has 1 atom stereocenters. The minimum absolute atomic E-state index is 0.359. The van der Waals surface area contributed by atoms with E-state index in [1.807, 2.05) is 6.07 Å². The highest BCUT2D eigenvalue weighted by molar-refractivity contribution is 7.99. The zero-order chi connectivity index (χ0) is 14.0. The molecule has 1 aromatic rings. The van der Waals surface area contributed by atoms with Gasteiger partial charge in [-0.1, -0.05) is 13.8 Å². The Balaban J connectivity index is 2.34. The summed E-state index contributed by atoms with van der Waals surface area (Å²) >= 11 is 1.72. The minimum Gasteiger partial charge on any atom is -0.299 e. The van der Waals surface area contributed by atoms with Crippen LogP contribution in [0, 0.1) is 11.3 Å². The normalized spacial score (nSPS) is 13.7. The lowest BCUT2D eigenvalue weighted by atomic mass is 9.92. The summed E-state index contributed by atoms with van der Waals surface area (Å²) in [4.78, 5) is 8.07. The number of nitriles is 1. The number of thioether (sulfide) groups is 1. The first-order valence-corrected chi connectivity index (χ1v) is 7.80. The van der Waals surface area contributed by atoms with E-state index in [-0.39, 0.29) is 5.54 Å². The molecule has 0 fully saturated rings. The van der Waals surface area contributed by atoms with Gasteiger partial charge in [-0.2, -0.15) is 5.26 Å². The van der Waals surface area contributed by atoms with Gasteiger partial charge >= 0.3 is 0 Å². The lowest BCUT2D eigenvalue weighted by molar-refractivity contribution is 0.371. The highest BCUT2D eigenvalue weighted by Gasteiger charge is 2.26. The zero-order valence-corrected chi connectivity index (χ0v) is 12.5. The van der Waals surface area contributed by atoms with Gasteiger partial charge in [-0.15, -0.1) is 11.8 Å². The van der Waals surface area contributed by atoms with Gasteiger partial charge in [-0.25, -0.2) is 9.97 Å². The summed E-state index contributed by atoms with van der Waals surface area (Å²) in [6, 6.07) is 4.37. The zero-order valence-electron chi connectivity index (χ0n) is 11.7. The molecule has 1 heterocycles. The Morgan fingerprint density at radius 2 is 2.32 bits per heavy atom. The first-order valence-electron chi connectivity index (χ1n) is 6.81. The molecule has 0 aliphatic rings. The number of rotatable bonds is 9. The Morgan fingerprint density at radius 1 is 1.47 bits per heavy atom. The fourth-order valence-electron chi connectivity index (χ4n) is 1.84. The Hall–Kier alpha value is -1.12. The monoisotopic (exact) mass is 278 g/mol. The van der Waals surface area contributed by atoms with Crippen LogP contribution in [0.3, 0.4) is 0 Å². The lowest BCUT2D eigenvalue weighted by Gasteiger charge is -2.26. The van der Waals surface area contributed by atoms with E-state index in [1.165, 1.54) is 0 Å². The van der Waals surface area contributed by atoms with Gasteiger partial charge in [0.1, 0.15) is 11.9 Å². The van der Waals surface area contributed by atoms with E-state index in [1.54, 1.807) is 24.3 Å². The smallest absolute Gasteiger partial charge is 0.116 e. The van der Waals surface area contributed by atoms with Gasteiger partial charge in [0.25, 0.3) is 0 Å². The predicted octanol–water partition coefficient (Wildman–Crippen LogP) is 3.02. The van der Waals surface area contributed by atoms with Gasteiger partial charge in [-0.05, 0) is 44.0 Å². The quantitative estimate of drug-likeness (QED) is 0.427. The number of hydrogen-bond acceptors (Lipinski definition) is 5. The SMILES string of the molecule is CCCNC(C#N)(CC)CCCSc1ccncn1. The summed E-state index contributed by atoms with van der Waals surface area (Å²) in [7, 11) is 0. The van der Waals surface area contributed by atoms with Crippen LogP contribution in [0.1, 0.15) is 39.5 Å². The van der Waals surface area contributed by atoms with Gasteiger partial charge in [0.2, 0.25) is 0 Å². The minimum atomic E-state index is -0.359. The third kappa shape index (κ3) is 5.58. The predicted molar refractivity (Wildman–Crippen MR) is 78.9 cm³/mol. The number of hydrogen-bond donors (Lipinski definition) is 1. The molecule has 1 unspecified atom stereocenters. The van der Waals surface area contributed by atoms with Crippen LogP contribution in [0.25, 0.3) is 0 Å². The molecule has 0 spiro atoms. The second kappa shape index (κ2) is 8.89. The average molecular weight is 278 g/mol. The van der Waals surface area contributed by atoms with E-state index < -0.39 is 0 Å². The maximum atomic E-state index is 9.38. The van der Waals surface area contributed by atoms with Crippen LogP contribution in [0.2, 0.25) is 0 Å². The topological polar surface area (TPSA) is 61.6 Å². The Kier molecular flexibility index (Phi) is 7.46. The Labute approximate surface area is 120 Å². The van der Waals surface area contributed by atoms with E-state index in [0.29, 0.717) is 0 Å². The van der Waals surface area contributed by atoms with Crippen LogP contribution in [0.4, 0.5) is 0 Å². The molecular weight excluding hydrogens is 256 g/mol. The van der Waals surface area contributed by atoms with Crippen molar-refractivity contribution in [1.29, 1.82) is 5.26 Å². The van der Waals surface area contributed by atoms with Crippen molar-refractivity contribution in [1.82, 2.24) is 15.3 Å². The highest BCUT2D eigenvalue weighted by Crippen LogP contribution is 2.21. The largest absolute Gasteiger partial charge is 0.299 e. The second-order valence-corrected chi connectivity index (χ2v) is 5.59. The van der Waals surface area contributed by atoms with Crippen molar-refractivity contribution in [3.8, 4) is 6.07 Å². The molecule has 0 aliphatic heterocycles. The number of nitrogens with zero attached hydrogens (tertiary/aromatic N) is 3. The van der Waals surface area contributed by atoms with Gasteiger partial charge in [0.15, 0.2) is 0 Å². The average Bonchev–Trinajstić information content (AvgIpc) is 2.48. The van der Waals surface area contributed by atoms with E-state index >= 15 is 0 Å². The van der Waals surface area contributed by atoms with Crippen molar-refractivity contribution in [2.45, 2.75) is 50.1 Å². The molecular formula is C14H22N4S. The van der Waals surface area contributed by atoms with Crippen LogP contribution >= 0.6 is 11.8 Å². The molecule has 0 saturated heterocycles. The molecule has 1 N–H and O–H groups in total. The summed E-state index contributed by atoms with van der Waals surface area (Å²) in [6.45, 7) is 5.10. The third-order valence-corrected chi connectivity index (χ3v) is 4.11. The van der Waals surface area contributed by atoms with Crippen LogP contribution in [0.5, 0.6) is 0 Å². The van der Waals surface area contributed by atoms with Crippen molar-refractivity contribution in [2.24, 2.45) is 0 Å². The van der Waals surface area contributed by atoms with Gasteiger partial charge in [0, 0.05) is 6.20 Å². The first kappa shape index (κ1) is 15.9. The van der Waals surface area contributed by atoms with Gasteiger partial charge < -0.3 is 0 Å². The molecule has 1 aromatic heterocycles. The molecule has 0 amide bonds. The molecule has 0 radical (unpaired) electrons. The molecule has 0 saturated carbocycles. The molecule has 0 bridgehead atoms. The maximum Gasteiger partial charge on any atom is 0.116 e. The Morgan fingerprint density at radius 3 is 2.89 bits per heavy atom. The van der Waals surface area contributed by atoms with Crippen molar-refractivity contribution in [3.63, 3.8) is 0 Å². The van der Waals surface area contributed by atoms with E-state index in [0.717, 1.165) is 43.0 Å². The Bertz CT molecular complexity index is 390. The molecule has 0 aromatic carbocycles. The van der Waals surface area contributed by atoms with Crippen molar-refractivity contribution in [2.75, 3.05) is 12.3 Å². The standard InChI is InChI=1S/C14H22N4S/c1-3-8-18-14(4-2,11-15)7-5-10-19-13-6-9-16-12-17-13/h6,9,12,18H,3-5,7-8,10H2,1-2H3. The van der Waals surface area contributed by atoms with Crippen LogP contribution < -0.4 is 5.32 Å². The van der Waals surface area contributed by atoms with Crippen molar-refractivity contribution >= 4 is 11.8 Å². The number of nitrogens with one attached hydrogen (secondary N) is 1. The van der Waals surface area contributed by atoms with Crippen LogP contribution in [0.15, 0.2) is 23.6 Å². The van der Waals surface area contributed by atoms with E-state index in [9.17, 15) is 5.26 Å². The van der Waals surface area contributed by atoms with E-state index in [4.69, 9.17) is 0 Å². The fraction of sp³-hybridized carbons (Fsp3) is 0.643. The molecule has 104 valence electrons. The maximum absolute atomic E-state index is 9.38.